The fraction of sp³-hybridized carbons (Fsp3) is 0.600. The molecule has 1 aromatic rings. The molecule has 1 atom stereocenters. The first-order chi connectivity index (χ1) is 7.77. The molecule has 0 bridgehead atoms. The van der Waals surface area contributed by atoms with Gasteiger partial charge in [-0.15, -0.1) is 0 Å². The molecule has 0 aliphatic carbocycles. The first-order valence-corrected chi connectivity index (χ1v) is 6.16. The Morgan fingerprint density at radius 3 is 3.19 bits per heavy atom. The van der Waals surface area contributed by atoms with Gasteiger partial charge < -0.3 is 15.0 Å². The van der Waals surface area contributed by atoms with Crippen molar-refractivity contribution in [3.8, 4) is 5.88 Å². The smallest absolute Gasteiger partial charge is 0.268 e. The molecule has 1 unspecified atom stereocenters. The van der Waals surface area contributed by atoms with Crippen LogP contribution in [-0.4, -0.2) is 29.2 Å². The molecule has 5 nitrogen and oxygen atoms in total. The van der Waals surface area contributed by atoms with E-state index in [2.05, 4.69) is 31.2 Å². The van der Waals surface area contributed by atoms with Gasteiger partial charge >= 0.3 is 0 Å². The number of nitrogens with one attached hydrogen (secondary N) is 2. The Balaban J connectivity index is 1.93. The van der Waals surface area contributed by atoms with Crippen molar-refractivity contribution in [2.75, 3.05) is 13.2 Å². The lowest BCUT2D eigenvalue weighted by Crippen LogP contribution is -2.38. The molecule has 1 aliphatic heterocycles. The Morgan fingerprint density at radius 1 is 1.56 bits per heavy atom. The van der Waals surface area contributed by atoms with Crippen LogP contribution in [0.2, 0.25) is 0 Å². The molecular formula is C10H14BrN3O2. The van der Waals surface area contributed by atoms with E-state index in [-0.39, 0.29) is 5.56 Å². The maximum absolute atomic E-state index is 11.3. The van der Waals surface area contributed by atoms with Gasteiger partial charge in [-0.25, -0.2) is 4.98 Å². The molecule has 0 saturated carbocycles. The maximum Gasteiger partial charge on any atom is 0.268 e. The molecule has 0 amide bonds. The normalized spacial score (nSPS) is 20.7. The number of aromatic amines is 1. The first-order valence-electron chi connectivity index (χ1n) is 5.37. The van der Waals surface area contributed by atoms with Gasteiger partial charge in [-0.3, -0.25) is 4.79 Å². The van der Waals surface area contributed by atoms with Gasteiger partial charge in [0.05, 0.1) is 6.33 Å². The Morgan fingerprint density at radius 2 is 2.44 bits per heavy atom. The number of nitrogens with zero attached hydrogens (tertiary/aromatic N) is 1. The summed E-state index contributed by atoms with van der Waals surface area (Å²) in [7, 11) is 0. The third kappa shape index (κ3) is 2.82. The largest absolute Gasteiger partial charge is 0.475 e. The zero-order valence-electron chi connectivity index (χ0n) is 8.83. The maximum atomic E-state index is 11.3. The van der Waals surface area contributed by atoms with Crippen LogP contribution < -0.4 is 15.6 Å². The van der Waals surface area contributed by atoms with Crippen LogP contribution in [0.4, 0.5) is 0 Å². The van der Waals surface area contributed by atoms with Crippen molar-refractivity contribution >= 4 is 15.9 Å². The van der Waals surface area contributed by atoms with Crippen molar-refractivity contribution in [1.29, 1.82) is 0 Å². The SMILES string of the molecule is O=c1[nH]cnc(OCC2CCCCN2)c1Br. The summed E-state index contributed by atoms with van der Waals surface area (Å²) in [5, 5.41) is 3.37. The highest BCUT2D eigenvalue weighted by Gasteiger charge is 2.14. The second kappa shape index (κ2) is 5.45. The van der Waals surface area contributed by atoms with E-state index in [9.17, 15) is 4.79 Å². The molecule has 1 aliphatic rings. The Hall–Kier alpha value is -0.880. The molecule has 1 fully saturated rings. The third-order valence-corrected chi connectivity index (χ3v) is 3.30. The van der Waals surface area contributed by atoms with Crippen molar-refractivity contribution in [1.82, 2.24) is 15.3 Å². The number of halogens is 1. The predicted octanol–water partition coefficient (Wildman–Crippen LogP) is 1.05. The van der Waals surface area contributed by atoms with Gasteiger partial charge in [0.15, 0.2) is 0 Å². The number of hydrogen-bond acceptors (Lipinski definition) is 4. The standard InChI is InChI=1S/C10H14BrN3O2/c11-8-9(15)13-6-14-10(8)16-5-7-3-1-2-4-12-7/h6-7,12H,1-5H2,(H,13,14,15). The number of H-pyrrole nitrogens is 1. The molecular weight excluding hydrogens is 274 g/mol. The summed E-state index contributed by atoms with van der Waals surface area (Å²) in [6, 6.07) is 0.363. The van der Waals surface area contributed by atoms with Crippen LogP contribution in [-0.2, 0) is 0 Å². The summed E-state index contributed by atoms with van der Waals surface area (Å²) < 4.78 is 5.87. The van der Waals surface area contributed by atoms with Crippen LogP contribution in [0.25, 0.3) is 0 Å². The van der Waals surface area contributed by atoms with E-state index in [0.29, 0.717) is 23.0 Å². The van der Waals surface area contributed by atoms with Crippen molar-refractivity contribution < 1.29 is 4.74 Å². The molecule has 0 spiro atoms. The van der Waals surface area contributed by atoms with E-state index in [1.54, 1.807) is 0 Å². The second-order valence-electron chi connectivity index (χ2n) is 3.81. The predicted molar refractivity (Wildman–Crippen MR) is 63.7 cm³/mol. The van der Waals surface area contributed by atoms with Gasteiger partial charge in [-0.1, -0.05) is 6.42 Å². The van der Waals surface area contributed by atoms with E-state index in [1.807, 2.05) is 0 Å². The van der Waals surface area contributed by atoms with Crippen molar-refractivity contribution in [3.63, 3.8) is 0 Å². The summed E-state index contributed by atoms with van der Waals surface area (Å²) in [4.78, 5) is 17.7. The molecule has 16 heavy (non-hydrogen) atoms. The Kier molecular flexibility index (Phi) is 3.95. The minimum atomic E-state index is -0.221. The second-order valence-corrected chi connectivity index (χ2v) is 4.60. The van der Waals surface area contributed by atoms with Crippen LogP contribution in [0.3, 0.4) is 0 Å². The average molecular weight is 288 g/mol. The molecule has 6 heteroatoms. The lowest BCUT2D eigenvalue weighted by Gasteiger charge is -2.23. The van der Waals surface area contributed by atoms with E-state index >= 15 is 0 Å². The molecule has 1 aromatic heterocycles. The highest BCUT2D eigenvalue weighted by Crippen LogP contribution is 2.17. The van der Waals surface area contributed by atoms with Gasteiger partial charge in [0.1, 0.15) is 11.1 Å². The minimum Gasteiger partial charge on any atom is -0.475 e. The summed E-state index contributed by atoms with van der Waals surface area (Å²) in [6.45, 7) is 1.59. The molecule has 0 radical (unpaired) electrons. The summed E-state index contributed by atoms with van der Waals surface area (Å²) >= 11 is 3.15. The fourth-order valence-corrected chi connectivity index (χ4v) is 2.04. The van der Waals surface area contributed by atoms with E-state index in [1.165, 1.54) is 19.2 Å². The number of rotatable bonds is 3. The lowest BCUT2D eigenvalue weighted by atomic mass is 10.1. The Labute approximate surface area is 102 Å². The topological polar surface area (TPSA) is 67.0 Å². The van der Waals surface area contributed by atoms with E-state index in [0.717, 1.165) is 13.0 Å². The number of aromatic nitrogens is 2. The highest BCUT2D eigenvalue weighted by atomic mass is 79.9. The van der Waals surface area contributed by atoms with Crippen molar-refractivity contribution in [3.05, 3.63) is 21.2 Å². The van der Waals surface area contributed by atoms with Crippen LogP contribution in [0.15, 0.2) is 15.6 Å². The zero-order valence-corrected chi connectivity index (χ0v) is 10.4. The molecule has 2 rings (SSSR count). The first kappa shape index (κ1) is 11.6. The molecule has 1 saturated heterocycles. The monoisotopic (exact) mass is 287 g/mol. The van der Waals surface area contributed by atoms with Gasteiger partial charge in [0.25, 0.3) is 5.56 Å². The van der Waals surface area contributed by atoms with Crippen LogP contribution in [0.1, 0.15) is 19.3 Å². The summed E-state index contributed by atoms with van der Waals surface area (Å²) in [5.41, 5.74) is -0.221. The number of piperidine rings is 1. The van der Waals surface area contributed by atoms with Crippen molar-refractivity contribution in [2.45, 2.75) is 25.3 Å². The van der Waals surface area contributed by atoms with Crippen LogP contribution in [0, 0.1) is 0 Å². The third-order valence-electron chi connectivity index (χ3n) is 2.60. The quantitative estimate of drug-likeness (QED) is 0.872. The zero-order chi connectivity index (χ0) is 11.4. The van der Waals surface area contributed by atoms with Crippen LogP contribution >= 0.6 is 15.9 Å². The number of hydrogen-bond donors (Lipinski definition) is 2. The van der Waals surface area contributed by atoms with E-state index < -0.39 is 0 Å². The molecule has 2 heterocycles. The van der Waals surface area contributed by atoms with Gasteiger partial charge in [-0.05, 0) is 35.3 Å². The highest BCUT2D eigenvalue weighted by molar-refractivity contribution is 9.10. The molecule has 2 N–H and O–H groups in total. The van der Waals surface area contributed by atoms with Gasteiger partial charge in [0.2, 0.25) is 5.88 Å². The molecule has 0 aromatic carbocycles. The summed E-state index contributed by atoms with van der Waals surface area (Å²) in [6.07, 6.45) is 4.91. The van der Waals surface area contributed by atoms with Crippen molar-refractivity contribution in [2.24, 2.45) is 0 Å². The average Bonchev–Trinajstić information content (AvgIpc) is 2.32. The lowest BCUT2D eigenvalue weighted by molar-refractivity contribution is 0.230. The minimum absolute atomic E-state index is 0.221. The van der Waals surface area contributed by atoms with E-state index in [4.69, 9.17) is 4.74 Å². The van der Waals surface area contributed by atoms with Crippen LogP contribution in [0.5, 0.6) is 5.88 Å². The number of ether oxygens (including phenoxy) is 1. The fourth-order valence-electron chi connectivity index (χ4n) is 1.71. The summed E-state index contributed by atoms with van der Waals surface area (Å²) in [5.74, 6) is 0.358. The van der Waals surface area contributed by atoms with Gasteiger partial charge in [-0.2, -0.15) is 0 Å². The Bertz CT molecular complexity index is 401. The molecule has 88 valence electrons. The van der Waals surface area contributed by atoms with Gasteiger partial charge in [0, 0.05) is 6.04 Å².